The van der Waals surface area contributed by atoms with E-state index in [1.807, 2.05) is 0 Å². The zero-order valence-electron chi connectivity index (χ0n) is 6.85. The van der Waals surface area contributed by atoms with Gasteiger partial charge in [-0.1, -0.05) is 0 Å². The van der Waals surface area contributed by atoms with E-state index in [1.54, 1.807) is 5.38 Å². The first-order valence-corrected chi connectivity index (χ1v) is 5.92. The van der Waals surface area contributed by atoms with Gasteiger partial charge in [-0.3, -0.25) is 4.79 Å². The number of hydrogen-bond donors (Lipinski definition) is 0. The van der Waals surface area contributed by atoms with E-state index < -0.39 is 10.0 Å². The summed E-state index contributed by atoms with van der Waals surface area (Å²) in [5.41, 5.74) is 0. The fraction of sp³-hybridized carbons (Fsp3) is 0.286. The second-order valence-corrected chi connectivity index (χ2v) is 5.73. The Hall–Kier alpha value is -0.720. The number of rotatable bonds is 0. The van der Waals surface area contributed by atoms with Crippen LogP contribution in [-0.2, 0) is 10.0 Å². The lowest BCUT2D eigenvalue weighted by molar-refractivity contribution is 0.0968. The van der Waals surface area contributed by atoms with Crippen molar-refractivity contribution in [1.82, 2.24) is 4.31 Å². The molecule has 0 N–H and O–H groups in total. The second kappa shape index (κ2) is 2.63. The van der Waals surface area contributed by atoms with Crippen molar-refractivity contribution in [3.63, 3.8) is 0 Å². The predicted molar refractivity (Wildman–Crippen MR) is 48.5 cm³/mol. The van der Waals surface area contributed by atoms with Crippen LogP contribution in [-0.4, -0.2) is 32.1 Å². The van der Waals surface area contributed by atoms with Crippen LogP contribution in [0.1, 0.15) is 9.67 Å². The molecule has 0 saturated heterocycles. The van der Waals surface area contributed by atoms with E-state index in [4.69, 9.17) is 0 Å². The minimum Gasteiger partial charge on any atom is -0.292 e. The lowest BCUT2D eigenvalue weighted by Crippen LogP contribution is -2.36. The number of thiophene rings is 1. The van der Waals surface area contributed by atoms with E-state index in [9.17, 15) is 13.2 Å². The van der Waals surface area contributed by atoms with E-state index in [0.29, 0.717) is 4.88 Å². The monoisotopic (exact) mass is 217 g/mol. The van der Waals surface area contributed by atoms with Crippen LogP contribution in [0.15, 0.2) is 16.3 Å². The summed E-state index contributed by atoms with van der Waals surface area (Å²) in [6.07, 6.45) is 0. The number of likely N-dealkylation sites (N-methyl/N-ethyl adjacent to an activating group) is 1. The Morgan fingerprint density at radius 2 is 2.23 bits per heavy atom. The third kappa shape index (κ3) is 1.13. The standard InChI is InChI=1S/C7H7NO3S2/c1-8-4-5(9)7-6(2-3-12-7)13(8,10)11/h2-3H,4H2,1H3. The number of nitrogens with zero attached hydrogens (tertiary/aromatic N) is 1. The summed E-state index contributed by atoms with van der Waals surface area (Å²) in [5, 5.41) is 1.62. The Morgan fingerprint density at radius 1 is 1.54 bits per heavy atom. The molecule has 0 unspecified atom stereocenters. The summed E-state index contributed by atoms with van der Waals surface area (Å²) < 4.78 is 24.3. The van der Waals surface area contributed by atoms with Gasteiger partial charge in [-0.2, -0.15) is 4.31 Å². The molecule has 2 heterocycles. The SMILES string of the molecule is CN1CC(=O)c2sccc2S1(=O)=O. The smallest absolute Gasteiger partial charge is 0.244 e. The molecule has 0 atom stereocenters. The molecule has 1 aliphatic rings. The van der Waals surface area contributed by atoms with Crippen molar-refractivity contribution in [1.29, 1.82) is 0 Å². The van der Waals surface area contributed by atoms with Gasteiger partial charge in [-0.15, -0.1) is 11.3 Å². The molecule has 0 saturated carbocycles. The number of carbonyl (C=O) groups is 1. The van der Waals surface area contributed by atoms with Crippen LogP contribution in [0.25, 0.3) is 0 Å². The van der Waals surface area contributed by atoms with Gasteiger partial charge in [0.15, 0.2) is 5.78 Å². The molecule has 0 radical (unpaired) electrons. The van der Waals surface area contributed by atoms with Crippen LogP contribution in [0.4, 0.5) is 0 Å². The zero-order chi connectivity index (χ0) is 9.64. The van der Waals surface area contributed by atoms with Crippen LogP contribution < -0.4 is 0 Å². The maximum Gasteiger partial charge on any atom is 0.244 e. The van der Waals surface area contributed by atoms with Gasteiger partial charge in [0.05, 0.1) is 11.4 Å². The molecule has 0 amide bonds. The molecule has 1 aliphatic heterocycles. The summed E-state index contributed by atoms with van der Waals surface area (Å²) in [7, 11) is -1.98. The summed E-state index contributed by atoms with van der Waals surface area (Å²) in [6.45, 7) is -0.0458. The summed E-state index contributed by atoms with van der Waals surface area (Å²) in [6, 6.07) is 1.48. The molecular weight excluding hydrogens is 210 g/mol. The van der Waals surface area contributed by atoms with Crippen molar-refractivity contribution in [2.45, 2.75) is 4.90 Å². The number of carbonyl (C=O) groups excluding carboxylic acids is 1. The Labute approximate surface area is 79.8 Å². The number of sulfonamides is 1. The molecule has 0 aromatic carbocycles. The van der Waals surface area contributed by atoms with Gasteiger partial charge in [0.2, 0.25) is 10.0 Å². The third-order valence-electron chi connectivity index (χ3n) is 1.94. The molecule has 70 valence electrons. The highest BCUT2D eigenvalue weighted by Gasteiger charge is 2.34. The molecule has 6 heteroatoms. The minimum absolute atomic E-state index is 0.0458. The largest absolute Gasteiger partial charge is 0.292 e. The number of Topliss-reactive ketones (excluding diaryl/α,β-unsaturated/α-hetero) is 1. The topological polar surface area (TPSA) is 54.5 Å². The van der Waals surface area contributed by atoms with E-state index in [-0.39, 0.29) is 17.2 Å². The summed E-state index contributed by atoms with van der Waals surface area (Å²) >= 11 is 1.18. The maximum absolute atomic E-state index is 11.6. The van der Waals surface area contributed by atoms with Crippen molar-refractivity contribution in [3.05, 3.63) is 16.3 Å². The highest BCUT2D eigenvalue weighted by Crippen LogP contribution is 2.28. The number of hydrogen-bond acceptors (Lipinski definition) is 4. The van der Waals surface area contributed by atoms with Crippen LogP contribution in [0.3, 0.4) is 0 Å². The highest BCUT2D eigenvalue weighted by molar-refractivity contribution is 7.89. The average molecular weight is 217 g/mol. The number of fused-ring (bicyclic) bond motifs is 1. The van der Waals surface area contributed by atoms with Gasteiger partial charge in [0.1, 0.15) is 4.90 Å². The van der Waals surface area contributed by atoms with Crippen LogP contribution in [0.2, 0.25) is 0 Å². The third-order valence-corrected chi connectivity index (χ3v) is 4.87. The van der Waals surface area contributed by atoms with Gasteiger partial charge < -0.3 is 0 Å². The quantitative estimate of drug-likeness (QED) is 0.638. The molecule has 0 bridgehead atoms. The molecule has 4 nitrogen and oxygen atoms in total. The van der Waals surface area contributed by atoms with Crippen molar-refractivity contribution < 1.29 is 13.2 Å². The van der Waals surface area contributed by atoms with Crippen molar-refractivity contribution in [3.8, 4) is 0 Å². The molecule has 2 rings (SSSR count). The Morgan fingerprint density at radius 3 is 2.92 bits per heavy atom. The first-order valence-electron chi connectivity index (χ1n) is 3.60. The van der Waals surface area contributed by atoms with E-state index in [2.05, 4.69) is 0 Å². The maximum atomic E-state index is 11.6. The molecule has 13 heavy (non-hydrogen) atoms. The van der Waals surface area contributed by atoms with Crippen molar-refractivity contribution >= 4 is 27.1 Å². The predicted octanol–water partition coefficient (Wildman–Crippen LogP) is 0.565. The summed E-state index contributed by atoms with van der Waals surface area (Å²) in [4.78, 5) is 11.9. The molecule has 1 aromatic heterocycles. The highest BCUT2D eigenvalue weighted by atomic mass is 32.2. The van der Waals surface area contributed by atoms with Gasteiger partial charge in [-0.25, -0.2) is 8.42 Å². The van der Waals surface area contributed by atoms with Crippen LogP contribution >= 0.6 is 11.3 Å². The van der Waals surface area contributed by atoms with Gasteiger partial charge in [-0.05, 0) is 11.4 Å². The van der Waals surface area contributed by atoms with Gasteiger partial charge in [0, 0.05) is 7.05 Å². The van der Waals surface area contributed by atoms with Gasteiger partial charge in [0.25, 0.3) is 0 Å². The van der Waals surface area contributed by atoms with E-state index in [0.717, 1.165) is 4.31 Å². The second-order valence-electron chi connectivity index (χ2n) is 2.80. The fourth-order valence-corrected chi connectivity index (χ4v) is 3.71. The Balaban J connectivity index is 2.73. The molecule has 0 fully saturated rings. The van der Waals surface area contributed by atoms with Crippen molar-refractivity contribution in [2.24, 2.45) is 0 Å². The Bertz CT molecular complexity index is 460. The molecule has 0 aliphatic carbocycles. The lowest BCUT2D eigenvalue weighted by Gasteiger charge is -2.20. The molecule has 1 aromatic rings. The van der Waals surface area contributed by atoms with Crippen LogP contribution in [0, 0.1) is 0 Å². The normalized spacial score (nSPS) is 21.5. The van der Waals surface area contributed by atoms with E-state index >= 15 is 0 Å². The molecule has 0 spiro atoms. The first kappa shape index (κ1) is 8.86. The fourth-order valence-electron chi connectivity index (χ4n) is 1.23. The number of ketones is 1. The summed E-state index contributed by atoms with van der Waals surface area (Å²) in [5.74, 6) is -0.123. The average Bonchev–Trinajstić information content (AvgIpc) is 2.49. The minimum atomic E-state index is -3.39. The van der Waals surface area contributed by atoms with Crippen LogP contribution in [0.5, 0.6) is 0 Å². The zero-order valence-corrected chi connectivity index (χ0v) is 8.48. The van der Waals surface area contributed by atoms with E-state index in [1.165, 1.54) is 24.5 Å². The molecular formula is C7H7NO3S2. The van der Waals surface area contributed by atoms with Gasteiger partial charge >= 0.3 is 0 Å². The first-order chi connectivity index (χ1) is 6.03. The lowest BCUT2D eigenvalue weighted by atomic mass is 10.3. The Kier molecular flexibility index (Phi) is 1.79. The van der Waals surface area contributed by atoms with Crippen molar-refractivity contribution in [2.75, 3.05) is 13.6 Å².